The first-order valence-electron chi connectivity index (χ1n) is 7.46. The SMILES string of the molecule is N#Cc1c(F)cccc1NCc1ccc(Oc2cccnc2)c(F)c1. The van der Waals surface area contributed by atoms with Crippen molar-refractivity contribution < 1.29 is 13.5 Å². The molecule has 0 saturated carbocycles. The topological polar surface area (TPSA) is 57.9 Å². The van der Waals surface area contributed by atoms with Gasteiger partial charge in [0.05, 0.1) is 11.9 Å². The number of benzene rings is 2. The number of nitriles is 1. The van der Waals surface area contributed by atoms with Gasteiger partial charge in [-0.2, -0.15) is 5.26 Å². The van der Waals surface area contributed by atoms with E-state index in [2.05, 4.69) is 10.3 Å². The highest BCUT2D eigenvalue weighted by Gasteiger charge is 2.09. The molecule has 1 heterocycles. The first kappa shape index (κ1) is 16.4. The Morgan fingerprint density at radius 1 is 1.08 bits per heavy atom. The van der Waals surface area contributed by atoms with Gasteiger partial charge in [0.25, 0.3) is 0 Å². The number of pyridine rings is 1. The van der Waals surface area contributed by atoms with E-state index in [1.165, 1.54) is 30.5 Å². The second kappa shape index (κ2) is 7.41. The number of ether oxygens (including phenoxy) is 1. The molecule has 0 saturated heterocycles. The number of hydrogen-bond donors (Lipinski definition) is 1. The summed E-state index contributed by atoms with van der Waals surface area (Å²) in [6.45, 7) is 0.238. The molecule has 0 radical (unpaired) electrons. The van der Waals surface area contributed by atoms with Gasteiger partial charge in [0.15, 0.2) is 11.6 Å². The van der Waals surface area contributed by atoms with Gasteiger partial charge in [0.2, 0.25) is 0 Å². The maximum Gasteiger partial charge on any atom is 0.166 e. The van der Waals surface area contributed by atoms with Crippen molar-refractivity contribution in [2.75, 3.05) is 5.32 Å². The summed E-state index contributed by atoms with van der Waals surface area (Å²) in [5.41, 5.74) is 0.919. The maximum atomic E-state index is 14.2. The summed E-state index contributed by atoms with van der Waals surface area (Å²) in [7, 11) is 0. The van der Waals surface area contributed by atoms with Crippen LogP contribution in [-0.2, 0) is 6.54 Å². The lowest BCUT2D eigenvalue weighted by atomic mass is 10.1. The molecule has 1 aromatic heterocycles. The highest BCUT2D eigenvalue weighted by Crippen LogP contribution is 2.25. The van der Waals surface area contributed by atoms with Crippen LogP contribution in [0.1, 0.15) is 11.1 Å². The number of hydrogen-bond acceptors (Lipinski definition) is 4. The van der Waals surface area contributed by atoms with Crippen LogP contribution in [0.4, 0.5) is 14.5 Å². The molecule has 0 unspecified atom stereocenters. The third-order valence-corrected chi connectivity index (χ3v) is 3.47. The molecule has 0 aliphatic heterocycles. The van der Waals surface area contributed by atoms with Crippen LogP contribution in [0.25, 0.3) is 0 Å². The first-order chi connectivity index (χ1) is 12.2. The predicted octanol–water partition coefficient (Wildman–Crippen LogP) is 4.64. The minimum Gasteiger partial charge on any atom is -0.453 e. The zero-order valence-corrected chi connectivity index (χ0v) is 13.0. The fourth-order valence-electron chi connectivity index (χ4n) is 2.25. The normalized spacial score (nSPS) is 10.1. The smallest absolute Gasteiger partial charge is 0.166 e. The average molecular weight is 337 g/mol. The summed E-state index contributed by atoms with van der Waals surface area (Å²) in [5.74, 6) is -0.604. The summed E-state index contributed by atoms with van der Waals surface area (Å²) in [4.78, 5) is 3.90. The Morgan fingerprint density at radius 3 is 2.68 bits per heavy atom. The molecule has 0 spiro atoms. The van der Waals surface area contributed by atoms with Crippen molar-refractivity contribution in [3.8, 4) is 17.6 Å². The van der Waals surface area contributed by atoms with Gasteiger partial charge < -0.3 is 10.1 Å². The predicted molar refractivity (Wildman–Crippen MR) is 89.2 cm³/mol. The maximum absolute atomic E-state index is 14.2. The van der Waals surface area contributed by atoms with Gasteiger partial charge in [-0.05, 0) is 42.0 Å². The fraction of sp³-hybridized carbons (Fsp3) is 0.0526. The molecule has 3 aromatic rings. The van der Waals surface area contributed by atoms with Crippen molar-refractivity contribution >= 4 is 5.69 Å². The van der Waals surface area contributed by atoms with Gasteiger partial charge in [-0.25, -0.2) is 8.78 Å². The van der Waals surface area contributed by atoms with E-state index in [9.17, 15) is 8.78 Å². The van der Waals surface area contributed by atoms with Gasteiger partial charge in [-0.15, -0.1) is 0 Å². The van der Waals surface area contributed by atoms with E-state index in [4.69, 9.17) is 10.00 Å². The van der Waals surface area contributed by atoms with E-state index in [1.807, 2.05) is 6.07 Å². The van der Waals surface area contributed by atoms with Crippen molar-refractivity contribution in [3.05, 3.63) is 83.7 Å². The molecule has 1 N–H and O–H groups in total. The Kier molecular flexibility index (Phi) is 4.86. The average Bonchev–Trinajstić information content (AvgIpc) is 2.63. The first-order valence-corrected chi connectivity index (χ1v) is 7.46. The third-order valence-electron chi connectivity index (χ3n) is 3.47. The lowest BCUT2D eigenvalue weighted by molar-refractivity contribution is 0.440. The van der Waals surface area contributed by atoms with E-state index in [1.54, 1.807) is 30.5 Å². The van der Waals surface area contributed by atoms with Crippen LogP contribution >= 0.6 is 0 Å². The van der Waals surface area contributed by atoms with Crippen LogP contribution in [0.5, 0.6) is 11.5 Å². The molecule has 4 nitrogen and oxygen atoms in total. The van der Waals surface area contributed by atoms with Gasteiger partial charge >= 0.3 is 0 Å². The summed E-state index contributed by atoms with van der Waals surface area (Å²) in [5, 5.41) is 11.9. The highest BCUT2D eigenvalue weighted by atomic mass is 19.1. The molecule has 0 aliphatic rings. The minimum atomic E-state index is -0.598. The molecule has 25 heavy (non-hydrogen) atoms. The molecule has 2 aromatic carbocycles. The van der Waals surface area contributed by atoms with Gasteiger partial charge in [-0.1, -0.05) is 12.1 Å². The van der Waals surface area contributed by atoms with Crippen LogP contribution in [0.3, 0.4) is 0 Å². The molecule has 0 atom stereocenters. The Bertz CT molecular complexity index is 924. The monoisotopic (exact) mass is 337 g/mol. The lowest BCUT2D eigenvalue weighted by Gasteiger charge is -2.11. The largest absolute Gasteiger partial charge is 0.453 e. The van der Waals surface area contributed by atoms with Crippen LogP contribution < -0.4 is 10.1 Å². The van der Waals surface area contributed by atoms with E-state index in [0.717, 1.165) is 0 Å². The number of nitrogens with one attached hydrogen (secondary N) is 1. The van der Waals surface area contributed by atoms with Gasteiger partial charge in [0.1, 0.15) is 23.2 Å². The molecule has 0 bridgehead atoms. The molecule has 124 valence electrons. The zero-order chi connectivity index (χ0) is 17.6. The zero-order valence-electron chi connectivity index (χ0n) is 13.0. The Labute approximate surface area is 143 Å². The Balaban J connectivity index is 1.72. The van der Waals surface area contributed by atoms with E-state index in [-0.39, 0.29) is 17.9 Å². The van der Waals surface area contributed by atoms with Crippen molar-refractivity contribution in [2.45, 2.75) is 6.54 Å². The van der Waals surface area contributed by atoms with Gasteiger partial charge in [-0.3, -0.25) is 4.98 Å². The van der Waals surface area contributed by atoms with Crippen molar-refractivity contribution in [2.24, 2.45) is 0 Å². The molecule has 0 aliphatic carbocycles. The second-order valence-electron chi connectivity index (χ2n) is 5.18. The minimum absolute atomic E-state index is 0.0699. The summed E-state index contributed by atoms with van der Waals surface area (Å²) < 4.78 is 33.2. The second-order valence-corrected chi connectivity index (χ2v) is 5.18. The van der Waals surface area contributed by atoms with Crippen molar-refractivity contribution in [1.29, 1.82) is 5.26 Å². The number of rotatable bonds is 5. The molecule has 3 rings (SSSR count). The molecular weight excluding hydrogens is 324 g/mol. The number of nitrogens with zero attached hydrogens (tertiary/aromatic N) is 2. The van der Waals surface area contributed by atoms with E-state index < -0.39 is 11.6 Å². The van der Waals surface area contributed by atoms with E-state index >= 15 is 0 Å². The van der Waals surface area contributed by atoms with Gasteiger partial charge in [0, 0.05) is 12.7 Å². The van der Waals surface area contributed by atoms with Crippen molar-refractivity contribution in [3.63, 3.8) is 0 Å². The van der Waals surface area contributed by atoms with E-state index in [0.29, 0.717) is 17.0 Å². The lowest BCUT2D eigenvalue weighted by Crippen LogP contribution is -2.03. The quantitative estimate of drug-likeness (QED) is 0.737. The van der Waals surface area contributed by atoms with Crippen molar-refractivity contribution in [1.82, 2.24) is 4.98 Å². The fourth-order valence-corrected chi connectivity index (χ4v) is 2.25. The summed E-state index contributed by atoms with van der Waals surface area (Å²) in [6.07, 6.45) is 3.09. The summed E-state index contributed by atoms with van der Waals surface area (Å²) in [6, 6.07) is 14.0. The summed E-state index contributed by atoms with van der Waals surface area (Å²) >= 11 is 0. The molecule has 0 amide bonds. The number of halogens is 2. The van der Waals surface area contributed by atoms with Crippen LogP contribution in [-0.4, -0.2) is 4.98 Å². The molecule has 0 fully saturated rings. The number of aromatic nitrogens is 1. The molecular formula is C19H13F2N3O. The van der Waals surface area contributed by atoms with Crippen LogP contribution in [0.2, 0.25) is 0 Å². The van der Waals surface area contributed by atoms with Crippen LogP contribution in [0, 0.1) is 23.0 Å². The van der Waals surface area contributed by atoms with Crippen LogP contribution in [0.15, 0.2) is 60.9 Å². The number of anilines is 1. The molecule has 6 heteroatoms. The highest BCUT2D eigenvalue weighted by molar-refractivity contribution is 5.58. The standard InChI is InChI=1S/C19H13F2N3O/c20-16-4-1-5-18(15(16)10-22)24-11-13-6-7-19(17(21)9-13)25-14-3-2-8-23-12-14/h1-9,12,24H,11H2. The Morgan fingerprint density at radius 2 is 1.96 bits per heavy atom. The third kappa shape index (κ3) is 3.90. The Hall–Kier alpha value is -3.46.